The van der Waals surface area contributed by atoms with Gasteiger partial charge >= 0.3 is 0 Å². The third-order valence-electron chi connectivity index (χ3n) is 4.77. The van der Waals surface area contributed by atoms with Gasteiger partial charge in [0.25, 0.3) is 0 Å². The van der Waals surface area contributed by atoms with Crippen LogP contribution in [0.3, 0.4) is 0 Å². The summed E-state index contributed by atoms with van der Waals surface area (Å²) in [5.41, 5.74) is 1.18. The van der Waals surface area contributed by atoms with Gasteiger partial charge in [0.15, 0.2) is 5.96 Å². The van der Waals surface area contributed by atoms with Gasteiger partial charge in [0.2, 0.25) is 5.91 Å². The van der Waals surface area contributed by atoms with Gasteiger partial charge < -0.3 is 24.8 Å². The van der Waals surface area contributed by atoms with Gasteiger partial charge in [0.05, 0.1) is 7.11 Å². The zero-order valence-electron chi connectivity index (χ0n) is 15.9. The summed E-state index contributed by atoms with van der Waals surface area (Å²) in [7, 11) is 5.22. The van der Waals surface area contributed by atoms with E-state index in [0.29, 0.717) is 6.04 Å². The van der Waals surface area contributed by atoms with E-state index in [0.717, 1.165) is 37.9 Å². The van der Waals surface area contributed by atoms with Gasteiger partial charge in [-0.1, -0.05) is 6.07 Å². The molecule has 1 saturated heterocycles. The normalized spacial score (nSPS) is 17.9. The van der Waals surface area contributed by atoms with Crippen molar-refractivity contribution in [2.45, 2.75) is 18.9 Å². The van der Waals surface area contributed by atoms with Crippen molar-refractivity contribution in [3.63, 3.8) is 0 Å². The minimum atomic E-state index is 0.0233. The van der Waals surface area contributed by atoms with E-state index in [-0.39, 0.29) is 12.5 Å². The van der Waals surface area contributed by atoms with Crippen LogP contribution >= 0.6 is 0 Å². The minimum absolute atomic E-state index is 0.0233. The van der Waals surface area contributed by atoms with Gasteiger partial charge in [0.1, 0.15) is 12.3 Å². The van der Waals surface area contributed by atoms with Crippen molar-refractivity contribution in [3.8, 4) is 5.75 Å². The van der Waals surface area contributed by atoms with Crippen LogP contribution in [-0.4, -0.2) is 81.6 Å². The van der Waals surface area contributed by atoms with Gasteiger partial charge in [0, 0.05) is 58.1 Å². The summed E-state index contributed by atoms with van der Waals surface area (Å²) in [6.45, 7) is 3.79. The Labute approximate surface area is 155 Å². The van der Waals surface area contributed by atoms with E-state index in [1.807, 2.05) is 12.1 Å². The van der Waals surface area contributed by atoms with Crippen LogP contribution in [0.4, 0.5) is 5.69 Å². The molecule has 1 aliphatic carbocycles. The number of carbonyl (C=O) groups excluding carboxylic acids is 1. The van der Waals surface area contributed by atoms with Crippen LogP contribution in [0.25, 0.3) is 0 Å². The van der Waals surface area contributed by atoms with E-state index < -0.39 is 0 Å². The monoisotopic (exact) mass is 359 g/mol. The van der Waals surface area contributed by atoms with E-state index in [4.69, 9.17) is 4.74 Å². The Morgan fingerprint density at radius 1 is 1.27 bits per heavy atom. The highest BCUT2D eigenvalue weighted by molar-refractivity contribution is 5.85. The van der Waals surface area contributed by atoms with Crippen molar-refractivity contribution in [2.75, 3.05) is 58.8 Å². The highest BCUT2D eigenvalue weighted by Gasteiger charge is 2.27. The third kappa shape index (κ3) is 4.80. The molecular formula is C19H29N5O2. The predicted molar refractivity (Wildman–Crippen MR) is 104 cm³/mol. The largest absolute Gasteiger partial charge is 0.497 e. The standard InChI is InChI=1S/C19H29N5O2/c1-22(2)18(25)14-20-19(21-15-7-8-15)24-11-9-23(10-12-24)16-5-4-6-17(13-16)26-3/h4-6,13,15H,7-12,14H2,1-3H3,(H,20,21). The second kappa shape index (κ2) is 8.29. The van der Waals surface area contributed by atoms with E-state index in [9.17, 15) is 4.79 Å². The molecule has 1 aromatic rings. The van der Waals surface area contributed by atoms with Gasteiger partial charge in [-0.3, -0.25) is 4.79 Å². The number of methoxy groups -OCH3 is 1. The number of benzene rings is 1. The number of rotatable bonds is 5. The Balaban J connectivity index is 1.61. The molecule has 0 radical (unpaired) electrons. The molecule has 0 aromatic heterocycles. The number of hydrogen-bond donors (Lipinski definition) is 1. The molecule has 0 spiro atoms. The van der Waals surface area contributed by atoms with Crippen LogP contribution in [0.2, 0.25) is 0 Å². The summed E-state index contributed by atoms with van der Waals surface area (Å²) in [6, 6.07) is 8.69. The molecule has 7 nitrogen and oxygen atoms in total. The van der Waals surface area contributed by atoms with Crippen LogP contribution in [0.1, 0.15) is 12.8 Å². The highest BCUT2D eigenvalue weighted by atomic mass is 16.5. The fourth-order valence-corrected chi connectivity index (χ4v) is 2.91. The number of piperazine rings is 1. The Hall–Kier alpha value is -2.44. The molecule has 0 bridgehead atoms. The number of hydrogen-bond acceptors (Lipinski definition) is 4. The lowest BCUT2D eigenvalue weighted by Crippen LogP contribution is -2.53. The SMILES string of the molecule is COc1cccc(N2CCN(C(=NCC(=O)N(C)C)NC3CC3)CC2)c1. The molecule has 1 amide bonds. The van der Waals surface area contributed by atoms with E-state index in [1.165, 1.54) is 18.5 Å². The number of carbonyl (C=O) groups is 1. The zero-order valence-corrected chi connectivity index (χ0v) is 15.9. The number of nitrogens with one attached hydrogen (secondary N) is 1. The number of anilines is 1. The summed E-state index contributed by atoms with van der Waals surface area (Å²) >= 11 is 0. The fourth-order valence-electron chi connectivity index (χ4n) is 2.91. The van der Waals surface area contributed by atoms with Crippen LogP contribution in [0.15, 0.2) is 29.3 Å². The maximum Gasteiger partial charge on any atom is 0.243 e. The fraction of sp³-hybridized carbons (Fsp3) is 0.579. The van der Waals surface area contributed by atoms with Crippen molar-refractivity contribution in [3.05, 3.63) is 24.3 Å². The Bertz CT molecular complexity index is 649. The quantitative estimate of drug-likeness (QED) is 0.628. The van der Waals surface area contributed by atoms with Crippen molar-refractivity contribution in [1.82, 2.24) is 15.1 Å². The first-order valence-corrected chi connectivity index (χ1v) is 9.22. The van der Waals surface area contributed by atoms with Gasteiger partial charge in [-0.2, -0.15) is 0 Å². The molecule has 7 heteroatoms. The van der Waals surface area contributed by atoms with Crippen LogP contribution < -0.4 is 15.0 Å². The number of amides is 1. The first-order valence-electron chi connectivity index (χ1n) is 9.22. The number of likely N-dealkylation sites (N-methyl/N-ethyl adjacent to an activating group) is 1. The zero-order chi connectivity index (χ0) is 18.5. The first kappa shape index (κ1) is 18.4. The summed E-state index contributed by atoms with van der Waals surface area (Å²) in [4.78, 5) is 22.7. The lowest BCUT2D eigenvalue weighted by atomic mass is 10.2. The topological polar surface area (TPSA) is 60.4 Å². The molecule has 1 heterocycles. The third-order valence-corrected chi connectivity index (χ3v) is 4.77. The average molecular weight is 359 g/mol. The molecule has 1 N–H and O–H groups in total. The molecule has 26 heavy (non-hydrogen) atoms. The Kier molecular flexibility index (Phi) is 5.85. The van der Waals surface area contributed by atoms with Gasteiger partial charge in [-0.25, -0.2) is 4.99 Å². The number of aliphatic imine (C=N–C) groups is 1. The number of ether oxygens (including phenoxy) is 1. The van der Waals surface area contributed by atoms with Crippen LogP contribution in [0.5, 0.6) is 5.75 Å². The Morgan fingerprint density at radius 3 is 2.62 bits per heavy atom. The van der Waals surface area contributed by atoms with Crippen molar-refractivity contribution < 1.29 is 9.53 Å². The molecule has 1 saturated carbocycles. The highest BCUT2D eigenvalue weighted by Crippen LogP contribution is 2.23. The minimum Gasteiger partial charge on any atom is -0.497 e. The van der Waals surface area contributed by atoms with Crippen molar-refractivity contribution in [2.24, 2.45) is 4.99 Å². The second-order valence-corrected chi connectivity index (χ2v) is 7.02. The average Bonchev–Trinajstić information content (AvgIpc) is 3.49. The molecule has 2 aliphatic rings. The molecule has 2 fully saturated rings. The van der Waals surface area contributed by atoms with Crippen LogP contribution in [-0.2, 0) is 4.79 Å². The lowest BCUT2D eigenvalue weighted by molar-refractivity contribution is -0.127. The van der Waals surface area contributed by atoms with E-state index in [2.05, 4.69) is 32.2 Å². The summed E-state index contributed by atoms with van der Waals surface area (Å²) in [6.07, 6.45) is 2.37. The first-order chi connectivity index (χ1) is 12.6. The molecule has 1 aromatic carbocycles. The molecule has 0 atom stereocenters. The summed E-state index contributed by atoms with van der Waals surface area (Å²) < 4.78 is 5.33. The van der Waals surface area contributed by atoms with E-state index in [1.54, 1.807) is 26.1 Å². The number of nitrogens with zero attached hydrogens (tertiary/aromatic N) is 4. The predicted octanol–water partition coefficient (Wildman–Crippen LogP) is 1.01. The second-order valence-electron chi connectivity index (χ2n) is 7.02. The summed E-state index contributed by atoms with van der Waals surface area (Å²) in [5.74, 6) is 1.77. The summed E-state index contributed by atoms with van der Waals surface area (Å²) in [5, 5.41) is 3.49. The Morgan fingerprint density at radius 2 is 2.00 bits per heavy atom. The van der Waals surface area contributed by atoms with Crippen molar-refractivity contribution >= 4 is 17.6 Å². The number of guanidine groups is 1. The van der Waals surface area contributed by atoms with E-state index >= 15 is 0 Å². The smallest absolute Gasteiger partial charge is 0.243 e. The maximum atomic E-state index is 11.9. The van der Waals surface area contributed by atoms with Gasteiger partial charge in [-0.15, -0.1) is 0 Å². The molecular weight excluding hydrogens is 330 g/mol. The molecule has 0 unspecified atom stereocenters. The molecule has 142 valence electrons. The van der Waals surface area contributed by atoms with Crippen LogP contribution in [0, 0.1) is 0 Å². The lowest BCUT2D eigenvalue weighted by Gasteiger charge is -2.38. The molecule has 3 rings (SSSR count). The van der Waals surface area contributed by atoms with Crippen molar-refractivity contribution in [1.29, 1.82) is 0 Å². The maximum absolute atomic E-state index is 11.9. The van der Waals surface area contributed by atoms with Gasteiger partial charge in [-0.05, 0) is 25.0 Å². The molecule has 1 aliphatic heterocycles.